The van der Waals surface area contributed by atoms with Crippen LogP contribution in [0.1, 0.15) is 20.8 Å². The van der Waals surface area contributed by atoms with Crippen LogP contribution >= 0.6 is 0 Å². The average Bonchev–Trinajstić information content (AvgIpc) is 1.81. The summed E-state index contributed by atoms with van der Waals surface area (Å²) in [4.78, 5) is 0. The van der Waals surface area contributed by atoms with E-state index in [4.69, 9.17) is 0 Å². The summed E-state index contributed by atoms with van der Waals surface area (Å²) in [6, 6.07) is 0. The van der Waals surface area contributed by atoms with Gasteiger partial charge in [-0.1, -0.05) is 0 Å². The van der Waals surface area contributed by atoms with Crippen molar-refractivity contribution in [3.63, 3.8) is 0 Å². The van der Waals surface area contributed by atoms with Gasteiger partial charge in [0.2, 0.25) is 0 Å². The molecular formula is C6H19Cl4SiTi-3. The fraction of sp³-hybridized carbons (Fsp3) is 0.500. The molecule has 0 aliphatic heterocycles. The molecule has 6 heteroatoms. The van der Waals surface area contributed by atoms with Gasteiger partial charge in [0.15, 0.2) is 0 Å². The van der Waals surface area contributed by atoms with Gasteiger partial charge >= 0.3 is 21.7 Å². The van der Waals surface area contributed by atoms with E-state index in [0.717, 1.165) is 0 Å². The minimum atomic E-state index is 0. The second-order valence-electron chi connectivity index (χ2n) is 0. The molecule has 0 unspecified atom stereocenters. The van der Waals surface area contributed by atoms with Crippen molar-refractivity contribution in [2.24, 2.45) is 0 Å². The van der Waals surface area contributed by atoms with Crippen molar-refractivity contribution in [2.75, 3.05) is 0 Å². The molecule has 82 valence electrons. The third-order valence-corrected chi connectivity index (χ3v) is 0. The van der Waals surface area contributed by atoms with Gasteiger partial charge < -0.3 is 70.4 Å². The summed E-state index contributed by atoms with van der Waals surface area (Å²) in [6.07, 6.45) is 0. The second-order valence-corrected chi connectivity index (χ2v) is 0. The van der Waals surface area contributed by atoms with E-state index in [2.05, 4.69) is 20.8 Å². The number of rotatable bonds is 0. The van der Waals surface area contributed by atoms with E-state index in [9.17, 15) is 0 Å². The summed E-state index contributed by atoms with van der Waals surface area (Å²) in [5.74, 6) is 0. The molecular weight excluding hydrogens is 290 g/mol. The van der Waals surface area contributed by atoms with Gasteiger partial charge in [-0.25, -0.2) is 0 Å². The molecule has 0 heterocycles. The number of hydrogen-bond acceptors (Lipinski definition) is 0. The molecule has 0 fully saturated rings. The third kappa shape index (κ3) is 340. The molecule has 0 aromatic heterocycles. The molecule has 0 saturated carbocycles. The molecule has 0 saturated heterocycles. The standard InChI is InChI=1S/3C2H5.4ClH.H4Si.Ti/c3*1-2;;;;;;/h3*1H2,2H3;4*1H;1H4;/q3*-1;;;;;;+4/p-4. The Hall–Kier alpha value is 2.09. The normalized spacial score (nSPS) is 1.50. The molecule has 0 atom stereocenters. The molecule has 0 N–H and O–H groups in total. The first-order chi connectivity index (χ1) is 3.00. The van der Waals surface area contributed by atoms with Gasteiger partial charge in [-0.2, -0.15) is 20.8 Å². The largest absolute Gasteiger partial charge is 4.00 e. The number of hydrogen-bond donors (Lipinski definition) is 0. The monoisotopic (exact) mass is 307 g/mol. The molecule has 12 heavy (non-hydrogen) atoms. The number of halogens is 4. The predicted molar refractivity (Wildman–Crippen MR) is 44.4 cm³/mol. The Labute approximate surface area is 123 Å². The van der Waals surface area contributed by atoms with E-state index in [1.165, 1.54) is 0 Å². The maximum Gasteiger partial charge on any atom is 4.00 e. The topological polar surface area (TPSA) is 0 Å². The Morgan fingerprint density at radius 1 is 0.500 bits per heavy atom. The zero-order valence-electron chi connectivity index (χ0n) is 7.13. The van der Waals surface area contributed by atoms with Crippen LogP contribution in [-0.2, 0) is 21.7 Å². The maximum atomic E-state index is 3.25. The van der Waals surface area contributed by atoms with Crippen LogP contribution in [0.15, 0.2) is 0 Å². The molecule has 0 rings (SSSR count). The van der Waals surface area contributed by atoms with Crippen molar-refractivity contribution in [1.29, 1.82) is 0 Å². The SMILES string of the molecule is [CH2-]C.[CH2-]C.[CH2-]C.[Cl-].[Cl-].[Cl-].[Cl-].[SiH4].[Ti+4]. The quantitative estimate of drug-likeness (QED) is 0.308. The van der Waals surface area contributed by atoms with E-state index in [1.807, 2.05) is 0 Å². The molecule has 0 radical (unpaired) electrons. The minimum absolute atomic E-state index is 0. The van der Waals surface area contributed by atoms with Gasteiger partial charge in [0, 0.05) is 0 Å². The molecule has 0 aromatic carbocycles. The fourth-order valence-electron chi connectivity index (χ4n) is 0. The summed E-state index contributed by atoms with van der Waals surface area (Å²) in [6.45, 7) is 15.0. The van der Waals surface area contributed by atoms with Crippen molar-refractivity contribution >= 4 is 11.0 Å². The Bertz CT molecular complexity index is 19.5. The van der Waals surface area contributed by atoms with Crippen molar-refractivity contribution < 1.29 is 71.3 Å². The first-order valence-corrected chi connectivity index (χ1v) is 2.12. The fourth-order valence-corrected chi connectivity index (χ4v) is 0. The van der Waals surface area contributed by atoms with Crippen molar-refractivity contribution in [2.45, 2.75) is 20.8 Å². The Balaban J connectivity index is -0.00000000129. The Morgan fingerprint density at radius 2 is 0.500 bits per heavy atom. The molecule has 0 bridgehead atoms. The zero-order valence-corrected chi connectivity index (χ0v) is 11.7. The smallest absolute Gasteiger partial charge is 1.00 e. The molecule has 0 nitrogen and oxygen atoms in total. The van der Waals surface area contributed by atoms with Gasteiger partial charge in [0.1, 0.15) is 0 Å². The van der Waals surface area contributed by atoms with Crippen molar-refractivity contribution in [1.82, 2.24) is 0 Å². The van der Waals surface area contributed by atoms with E-state index < -0.39 is 0 Å². The van der Waals surface area contributed by atoms with Crippen LogP contribution in [0, 0.1) is 20.8 Å². The van der Waals surface area contributed by atoms with E-state index >= 15 is 0 Å². The van der Waals surface area contributed by atoms with Gasteiger partial charge in [-0.3, -0.25) is 0 Å². The second kappa shape index (κ2) is 438. The van der Waals surface area contributed by atoms with Crippen LogP contribution in [0.4, 0.5) is 0 Å². The molecule has 0 aromatic rings. The van der Waals surface area contributed by atoms with Crippen LogP contribution in [-0.4, -0.2) is 11.0 Å². The van der Waals surface area contributed by atoms with Gasteiger partial charge in [-0.15, -0.1) is 0 Å². The third-order valence-electron chi connectivity index (χ3n) is 0. The summed E-state index contributed by atoms with van der Waals surface area (Å²) in [7, 11) is 0. The molecule has 0 amide bonds. The Morgan fingerprint density at radius 3 is 0.500 bits per heavy atom. The van der Waals surface area contributed by atoms with Crippen molar-refractivity contribution in [3.8, 4) is 0 Å². The maximum absolute atomic E-state index is 3.25. The van der Waals surface area contributed by atoms with Crippen LogP contribution in [0.25, 0.3) is 0 Å². The Kier molecular flexibility index (Phi) is 3400. The molecule has 0 spiro atoms. The van der Waals surface area contributed by atoms with E-state index in [1.54, 1.807) is 20.8 Å². The summed E-state index contributed by atoms with van der Waals surface area (Å²) < 4.78 is 0. The van der Waals surface area contributed by atoms with Gasteiger partial charge in [0.25, 0.3) is 0 Å². The average molecular weight is 309 g/mol. The van der Waals surface area contributed by atoms with Crippen LogP contribution in [0.5, 0.6) is 0 Å². The summed E-state index contributed by atoms with van der Waals surface area (Å²) >= 11 is 0. The first kappa shape index (κ1) is 93.2. The van der Waals surface area contributed by atoms with Crippen LogP contribution in [0.3, 0.4) is 0 Å². The zero-order chi connectivity index (χ0) is 6.00. The molecule has 0 aliphatic rings. The van der Waals surface area contributed by atoms with E-state index in [0.29, 0.717) is 0 Å². The van der Waals surface area contributed by atoms with E-state index in [-0.39, 0.29) is 82.3 Å². The first-order valence-electron chi connectivity index (χ1n) is 2.12. The van der Waals surface area contributed by atoms with Gasteiger partial charge in [0.05, 0.1) is 0 Å². The van der Waals surface area contributed by atoms with Crippen LogP contribution < -0.4 is 49.6 Å². The van der Waals surface area contributed by atoms with Crippen LogP contribution in [0.2, 0.25) is 0 Å². The summed E-state index contributed by atoms with van der Waals surface area (Å²) in [5.41, 5.74) is 0. The van der Waals surface area contributed by atoms with Crippen molar-refractivity contribution in [3.05, 3.63) is 20.8 Å². The predicted octanol–water partition coefficient (Wildman–Crippen LogP) is -10.9. The molecule has 0 aliphatic carbocycles. The summed E-state index contributed by atoms with van der Waals surface area (Å²) in [5, 5.41) is 0. The van der Waals surface area contributed by atoms with Gasteiger partial charge in [-0.05, 0) is 11.0 Å². The minimum Gasteiger partial charge on any atom is -1.00 e.